The highest BCUT2D eigenvalue weighted by Gasteiger charge is 2.15. The van der Waals surface area contributed by atoms with Gasteiger partial charge < -0.3 is 0 Å². The van der Waals surface area contributed by atoms with Crippen molar-refractivity contribution in [2.75, 3.05) is 5.75 Å². The van der Waals surface area contributed by atoms with Crippen molar-refractivity contribution in [3.63, 3.8) is 0 Å². The minimum atomic E-state index is -0.466. The van der Waals surface area contributed by atoms with Crippen LogP contribution in [0.25, 0.3) is 16.6 Å². The number of fused-ring (bicyclic) bond motifs is 1. The van der Waals surface area contributed by atoms with Crippen LogP contribution in [0.1, 0.15) is 22.8 Å². The van der Waals surface area contributed by atoms with Gasteiger partial charge in [-0.3, -0.25) is 29.8 Å². The van der Waals surface area contributed by atoms with Crippen molar-refractivity contribution >= 4 is 46.1 Å². The summed E-state index contributed by atoms with van der Waals surface area (Å²) in [7, 11) is 0. The number of para-hydroxylation sites is 1. The predicted octanol–water partition coefficient (Wildman–Crippen LogP) is 4.15. The second-order valence-electron chi connectivity index (χ2n) is 7.37. The molecule has 0 unspecified atom stereocenters. The van der Waals surface area contributed by atoms with E-state index in [0.29, 0.717) is 32.3 Å². The van der Waals surface area contributed by atoms with E-state index in [-0.39, 0.29) is 11.3 Å². The number of hydrogen-bond donors (Lipinski definition) is 2. The van der Waals surface area contributed by atoms with E-state index in [1.165, 1.54) is 4.57 Å². The largest absolute Gasteiger partial charge is 0.272 e. The van der Waals surface area contributed by atoms with E-state index in [0.717, 1.165) is 23.7 Å². The maximum absolute atomic E-state index is 13.3. The zero-order chi connectivity index (χ0) is 24.1. The van der Waals surface area contributed by atoms with E-state index in [1.807, 2.05) is 30.3 Å². The molecule has 3 aromatic carbocycles. The summed E-state index contributed by atoms with van der Waals surface area (Å²) < 4.78 is 1.51. The maximum atomic E-state index is 13.3. The zero-order valence-electron chi connectivity index (χ0n) is 18.2. The first-order valence-electron chi connectivity index (χ1n) is 10.5. The molecule has 0 atom stereocenters. The van der Waals surface area contributed by atoms with Crippen molar-refractivity contribution in [2.24, 2.45) is 0 Å². The number of nitrogens with zero attached hydrogens (tertiary/aromatic N) is 2. The van der Waals surface area contributed by atoms with Crippen LogP contribution in [0.4, 0.5) is 0 Å². The van der Waals surface area contributed by atoms with Gasteiger partial charge in [-0.2, -0.15) is 0 Å². The summed E-state index contributed by atoms with van der Waals surface area (Å²) in [4.78, 5) is 42.5. The fourth-order valence-corrected chi connectivity index (χ4v) is 4.22. The van der Waals surface area contributed by atoms with Gasteiger partial charge in [-0.15, -0.1) is 0 Å². The molecule has 172 valence electrons. The Kier molecular flexibility index (Phi) is 7.30. The number of halogens is 1. The summed E-state index contributed by atoms with van der Waals surface area (Å²) in [6.07, 6.45) is 0.884. The van der Waals surface area contributed by atoms with Crippen LogP contribution in [0, 0.1) is 0 Å². The molecule has 0 aliphatic heterocycles. The number of benzene rings is 3. The number of aromatic nitrogens is 2. The van der Waals surface area contributed by atoms with Crippen molar-refractivity contribution < 1.29 is 9.59 Å². The summed E-state index contributed by atoms with van der Waals surface area (Å²) in [5.41, 5.74) is 7.26. The molecule has 2 N–H and O–H groups in total. The lowest BCUT2D eigenvalue weighted by Gasteiger charge is -2.14. The molecule has 0 saturated heterocycles. The van der Waals surface area contributed by atoms with Crippen molar-refractivity contribution in [1.29, 1.82) is 0 Å². The molecule has 0 spiro atoms. The van der Waals surface area contributed by atoms with Gasteiger partial charge in [-0.1, -0.05) is 54.6 Å². The minimum Gasteiger partial charge on any atom is -0.272 e. The number of thioether (sulfide) groups is 1. The lowest BCUT2D eigenvalue weighted by atomic mass is 10.1. The fourth-order valence-electron chi connectivity index (χ4n) is 3.28. The number of hydrogen-bond acceptors (Lipinski definition) is 5. The highest BCUT2D eigenvalue weighted by atomic mass is 35.5. The molecular formula is C25H21ClN4O3S. The summed E-state index contributed by atoms with van der Waals surface area (Å²) in [6, 6.07) is 21.0. The second-order valence-corrected chi connectivity index (χ2v) is 8.75. The van der Waals surface area contributed by atoms with Gasteiger partial charge >= 0.3 is 0 Å². The van der Waals surface area contributed by atoms with Gasteiger partial charge in [0.2, 0.25) is 5.91 Å². The van der Waals surface area contributed by atoms with Crippen LogP contribution in [-0.2, 0) is 11.2 Å². The minimum absolute atomic E-state index is 0.0568. The van der Waals surface area contributed by atoms with Crippen molar-refractivity contribution in [2.45, 2.75) is 18.5 Å². The van der Waals surface area contributed by atoms with Gasteiger partial charge in [-0.25, -0.2) is 4.98 Å². The molecule has 0 saturated carbocycles. The third-order valence-electron chi connectivity index (χ3n) is 5.10. The Balaban J connectivity index is 1.53. The van der Waals surface area contributed by atoms with Gasteiger partial charge in [0.15, 0.2) is 5.16 Å². The Bertz CT molecular complexity index is 1400. The van der Waals surface area contributed by atoms with E-state index in [4.69, 9.17) is 11.6 Å². The topological polar surface area (TPSA) is 93.1 Å². The smallest absolute Gasteiger partial charge is 0.269 e. The van der Waals surface area contributed by atoms with Crippen LogP contribution in [0.15, 0.2) is 82.7 Å². The highest BCUT2D eigenvalue weighted by Crippen LogP contribution is 2.21. The molecule has 1 aromatic heterocycles. The van der Waals surface area contributed by atoms with Crippen LogP contribution < -0.4 is 16.4 Å². The Labute approximate surface area is 205 Å². The quantitative estimate of drug-likeness (QED) is 0.239. The molecular weight excluding hydrogens is 472 g/mol. The number of carbonyl (C=O) groups is 2. The molecule has 4 aromatic rings. The third kappa shape index (κ3) is 5.30. The number of nitrogens with one attached hydrogen (secondary N) is 2. The first-order valence-corrected chi connectivity index (χ1v) is 11.9. The molecule has 0 aliphatic carbocycles. The number of carbonyl (C=O) groups excluding carboxylic acids is 2. The Hall–Kier alpha value is -3.62. The van der Waals surface area contributed by atoms with Gasteiger partial charge in [-0.05, 0) is 60.5 Å². The van der Waals surface area contributed by atoms with E-state index < -0.39 is 11.8 Å². The molecule has 1 heterocycles. The number of aryl methyl sites for hydroxylation is 1. The van der Waals surface area contributed by atoms with E-state index in [9.17, 15) is 14.4 Å². The zero-order valence-corrected chi connectivity index (χ0v) is 19.8. The van der Waals surface area contributed by atoms with Crippen molar-refractivity contribution in [3.8, 4) is 5.69 Å². The number of amides is 2. The maximum Gasteiger partial charge on any atom is 0.269 e. The number of hydrazine groups is 1. The SMILES string of the molecule is CCc1ccc(-n2c(SCC(=O)NNC(=O)c3ccc(Cl)cc3)nc3ccccc3c2=O)cc1. The Morgan fingerprint density at radius 1 is 0.971 bits per heavy atom. The molecule has 0 aliphatic rings. The summed E-state index contributed by atoms with van der Waals surface area (Å²) in [5, 5.41) is 1.38. The average Bonchev–Trinajstić information content (AvgIpc) is 2.86. The normalized spacial score (nSPS) is 10.8. The molecule has 0 fully saturated rings. The molecule has 0 radical (unpaired) electrons. The van der Waals surface area contributed by atoms with Crippen molar-refractivity contribution in [1.82, 2.24) is 20.4 Å². The molecule has 9 heteroatoms. The molecule has 0 bridgehead atoms. The lowest BCUT2D eigenvalue weighted by Crippen LogP contribution is -2.42. The second kappa shape index (κ2) is 10.5. The van der Waals surface area contributed by atoms with Crippen LogP contribution in [0.5, 0.6) is 0 Å². The summed E-state index contributed by atoms with van der Waals surface area (Å²) >= 11 is 6.94. The Morgan fingerprint density at radius 2 is 1.68 bits per heavy atom. The van der Waals surface area contributed by atoms with Crippen LogP contribution in [-0.4, -0.2) is 27.1 Å². The standard InChI is InChI=1S/C25H21ClN4O3S/c1-2-16-7-13-19(14-8-16)30-24(33)20-5-3-4-6-21(20)27-25(30)34-15-22(31)28-29-23(32)17-9-11-18(26)12-10-17/h3-14H,2,15H2,1H3,(H,28,31)(H,29,32). The summed E-state index contributed by atoms with van der Waals surface area (Å²) in [5.74, 6) is -0.965. The van der Waals surface area contributed by atoms with E-state index >= 15 is 0 Å². The van der Waals surface area contributed by atoms with Crippen molar-refractivity contribution in [3.05, 3.63) is 99.3 Å². The van der Waals surface area contributed by atoms with E-state index in [1.54, 1.807) is 42.5 Å². The molecule has 4 rings (SSSR count). The van der Waals surface area contributed by atoms with Gasteiger partial charge in [0.05, 0.1) is 22.3 Å². The lowest BCUT2D eigenvalue weighted by molar-refractivity contribution is -0.119. The third-order valence-corrected chi connectivity index (χ3v) is 6.29. The van der Waals surface area contributed by atoms with Crippen LogP contribution >= 0.6 is 23.4 Å². The first-order chi connectivity index (χ1) is 16.5. The van der Waals surface area contributed by atoms with Gasteiger partial charge in [0.25, 0.3) is 11.5 Å². The van der Waals surface area contributed by atoms with Crippen LogP contribution in [0.3, 0.4) is 0 Å². The monoisotopic (exact) mass is 492 g/mol. The highest BCUT2D eigenvalue weighted by molar-refractivity contribution is 7.99. The Morgan fingerprint density at radius 3 is 2.38 bits per heavy atom. The molecule has 34 heavy (non-hydrogen) atoms. The average molecular weight is 493 g/mol. The van der Waals surface area contributed by atoms with E-state index in [2.05, 4.69) is 22.8 Å². The fraction of sp³-hybridized carbons (Fsp3) is 0.120. The molecule has 7 nitrogen and oxygen atoms in total. The number of rotatable bonds is 6. The van der Waals surface area contributed by atoms with Crippen LogP contribution in [0.2, 0.25) is 5.02 Å². The summed E-state index contributed by atoms with van der Waals surface area (Å²) in [6.45, 7) is 2.06. The predicted molar refractivity (Wildman–Crippen MR) is 135 cm³/mol. The molecule has 2 amide bonds. The van der Waals surface area contributed by atoms with Gasteiger partial charge in [0.1, 0.15) is 0 Å². The van der Waals surface area contributed by atoms with Gasteiger partial charge in [0, 0.05) is 10.6 Å². The first kappa shape index (κ1) is 23.5.